The Morgan fingerprint density at radius 1 is 1.19 bits per heavy atom. The average Bonchev–Trinajstić information content (AvgIpc) is 2.70. The highest BCUT2D eigenvalue weighted by Gasteiger charge is 2.26. The number of hydrogen-bond donors (Lipinski definition) is 0. The monoisotopic (exact) mass is 378 g/mol. The molecule has 2 rings (SSSR count). The molecule has 0 saturated carbocycles. The van der Waals surface area contributed by atoms with Crippen molar-refractivity contribution in [1.82, 2.24) is 4.90 Å². The maximum Gasteiger partial charge on any atom is 0.338 e. The third-order valence-corrected chi connectivity index (χ3v) is 4.53. The summed E-state index contributed by atoms with van der Waals surface area (Å²) in [5, 5.41) is 11.0. The van der Waals surface area contributed by atoms with Crippen molar-refractivity contribution < 1.29 is 28.8 Å². The van der Waals surface area contributed by atoms with E-state index in [0.717, 1.165) is 51.0 Å². The van der Waals surface area contributed by atoms with Gasteiger partial charge in [0.2, 0.25) is 0 Å². The molecule has 0 N–H and O–H groups in total. The maximum absolute atomic E-state index is 12.4. The number of esters is 2. The molecule has 0 unspecified atom stereocenters. The first-order valence-corrected chi connectivity index (χ1v) is 8.71. The first-order valence-electron chi connectivity index (χ1n) is 8.71. The summed E-state index contributed by atoms with van der Waals surface area (Å²) in [5.41, 5.74) is -0.784. The smallest absolute Gasteiger partial charge is 0.338 e. The standard InChI is InChI=1S/C18H22N2O7/c1-3-14-6-4-5-7-19(14)16(21)11-27-18(23)13-8-12(17(22)26-2)9-15(10-13)20(24)25/h8-10,14H,3-7,11H2,1-2H3/t14-/m1/s1. The van der Waals surface area contributed by atoms with Crippen LogP contribution < -0.4 is 0 Å². The Hall–Kier alpha value is -2.97. The number of carbonyl (C=O) groups is 3. The molecule has 0 spiro atoms. The number of likely N-dealkylation sites (tertiary alicyclic amines) is 1. The Morgan fingerprint density at radius 2 is 1.85 bits per heavy atom. The number of amides is 1. The van der Waals surface area contributed by atoms with E-state index in [0.29, 0.717) is 6.54 Å². The quantitative estimate of drug-likeness (QED) is 0.424. The second-order valence-corrected chi connectivity index (χ2v) is 6.24. The van der Waals surface area contributed by atoms with Crippen LogP contribution in [0.15, 0.2) is 18.2 Å². The van der Waals surface area contributed by atoms with Crippen LogP contribution in [0.4, 0.5) is 5.69 Å². The summed E-state index contributed by atoms with van der Waals surface area (Å²) in [7, 11) is 1.13. The minimum atomic E-state index is -0.915. The van der Waals surface area contributed by atoms with Crippen molar-refractivity contribution in [3.63, 3.8) is 0 Å². The van der Waals surface area contributed by atoms with Gasteiger partial charge in [-0.3, -0.25) is 14.9 Å². The molecule has 1 amide bonds. The maximum atomic E-state index is 12.4. The van der Waals surface area contributed by atoms with Crippen LogP contribution in [0.3, 0.4) is 0 Å². The van der Waals surface area contributed by atoms with Gasteiger partial charge in [0.05, 0.1) is 23.2 Å². The average molecular weight is 378 g/mol. The van der Waals surface area contributed by atoms with Crippen molar-refractivity contribution in [2.24, 2.45) is 0 Å². The molecule has 1 heterocycles. The summed E-state index contributed by atoms with van der Waals surface area (Å²) >= 11 is 0. The summed E-state index contributed by atoms with van der Waals surface area (Å²) in [6, 6.07) is 3.28. The van der Waals surface area contributed by atoms with Crippen molar-refractivity contribution in [3.05, 3.63) is 39.4 Å². The van der Waals surface area contributed by atoms with E-state index in [9.17, 15) is 24.5 Å². The van der Waals surface area contributed by atoms with Crippen molar-refractivity contribution >= 4 is 23.5 Å². The molecule has 9 nitrogen and oxygen atoms in total. The van der Waals surface area contributed by atoms with Gasteiger partial charge in [0, 0.05) is 24.7 Å². The van der Waals surface area contributed by atoms with E-state index in [1.54, 1.807) is 4.90 Å². The molecule has 9 heteroatoms. The fourth-order valence-corrected chi connectivity index (χ4v) is 3.12. The van der Waals surface area contributed by atoms with Gasteiger partial charge in [-0.1, -0.05) is 6.92 Å². The Kier molecular flexibility index (Phi) is 6.86. The number of nitrogens with zero attached hydrogens (tertiary/aromatic N) is 2. The number of methoxy groups -OCH3 is 1. The fraction of sp³-hybridized carbons (Fsp3) is 0.500. The number of carbonyl (C=O) groups excluding carboxylic acids is 3. The third-order valence-electron chi connectivity index (χ3n) is 4.53. The van der Waals surface area contributed by atoms with E-state index in [-0.39, 0.29) is 23.1 Å². The number of rotatable bonds is 6. The molecule has 1 fully saturated rings. The van der Waals surface area contributed by atoms with Crippen LogP contribution in [0.25, 0.3) is 0 Å². The Balaban J connectivity index is 2.10. The minimum absolute atomic E-state index is 0.133. The zero-order valence-corrected chi connectivity index (χ0v) is 15.3. The molecule has 1 aliphatic heterocycles. The lowest BCUT2D eigenvalue weighted by Crippen LogP contribution is -2.45. The van der Waals surface area contributed by atoms with E-state index in [1.807, 2.05) is 6.92 Å². The van der Waals surface area contributed by atoms with Crippen LogP contribution >= 0.6 is 0 Å². The Morgan fingerprint density at radius 3 is 2.44 bits per heavy atom. The summed E-state index contributed by atoms with van der Waals surface area (Å²) in [6.07, 6.45) is 3.71. The lowest BCUT2D eigenvalue weighted by molar-refractivity contribution is -0.384. The Bertz CT molecular complexity index is 747. The number of hydrogen-bond acceptors (Lipinski definition) is 7. The molecule has 0 radical (unpaired) electrons. The molecular weight excluding hydrogens is 356 g/mol. The largest absolute Gasteiger partial charge is 0.465 e. The second kappa shape index (κ2) is 9.11. The Labute approximate surface area is 156 Å². The fourth-order valence-electron chi connectivity index (χ4n) is 3.12. The lowest BCUT2D eigenvalue weighted by atomic mass is 10.00. The molecule has 146 valence electrons. The van der Waals surface area contributed by atoms with Gasteiger partial charge in [0.25, 0.3) is 11.6 Å². The highest BCUT2D eigenvalue weighted by Crippen LogP contribution is 2.21. The predicted molar refractivity (Wildman–Crippen MR) is 94.4 cm³/mol. The normalized spacial score (nSPS) is 16.5. The molecule has 0 aromatic heterocycles. The van der Waals surface area contributed by atoms with Gasteiger partial charge in [-0.25, -0.2) is 9.59 Å². The first-order chi connectivity index (χ1) is 12.9. The van der Waals surface area contributed by atoms with Crippen molar-refractivity contribution in [1.29, 1.82) is 0 Å². The van der Waals surface area contributed by atoms with Crippen LogP contribution in [0, 0.1) is 10.1 Å². The predicted octanol–water partition coefficient (Wildman–Crippen LogP) is 2.33. The zero-order chi connectivity index (χ0) is 20.0. The highest BCUT2D eigenvalue weighted by atomic mass is 16.6. The summed E-state index contributed by atoms with van der Waals surface area (Å²) in [4.78, 5) is 48.3. The van der Waals surface area contributed by atoms with Gasteiger partial charge < -0.3 is 14.4 Å². The topological polar surface area (TPSA) is 116 Å². The van der Waals surface area contributed by atoms with Crippen LogP contribution in [-0.4, -0.2) is 54.0 Å². The highest BCUT2D eigenvalue weighted by molar-refractivity contribution is 5.97. The van der Waals surface area contributed by atoms with Crippen LogP contribution in [0.1, 0.15) is 53.3 Å². The zero-order valence-electron chi connectivity index (χ0n) is 15.3. The molecule has 0 aliphatic carbocycles. The molecular formula is C18H22N2O7. The van der Waals surface area contributed by atoms with E-state index < -0.39 is 29.2 Å². The molecule has 1 atom stereocenters. The van der Waals surface area contributed by atoms with E-state index >= 15 is 0 Å². The van der Waals surface area contributed by atoms with Crippen molar-refractivity contribution in [3.8, 4) is 0 Å². The second-order valence-electron chi connectivity index (χ2n) is 6.24. The van der Waals surface area contributed by atoms with E-state index in [1.165, 1.54) is 0 Å². The van der Waals surface area contributed by atoms with Gasteiger partial charge in [0.1, 0.15) is 0 Å². The number of benzene rings is 1. The third kappa shape index (κ3) is 5.02. The summed E-state index contributed by atoms with van der Waals surface area (Å²) < 4.78 is 9.57. The number of ether oxygens (including phenoxy) is 2. The molecule has 1 aromatic carbocycles. The molecule has 1 aliphatic rings. The van der Waals surface area contributed by atoms with Gasteiger partial charge in [-0.2, -0.15) is 0 Å². The number of nitro groups is 1. The van der Waals surface area contributed by atoms with Crippen LogP contribution in [0.5, 0.6) is 0 Å². The first kappa shape index (κ1) is 20.3. The summed E-state index contributed by atoms with van der Waals surface area (Å²) in [6.45, 7) is 2.17. The van der Waals surface area contributed by atoms with Crippen LogP contribution in [0.2, 0.25) is 0 Å². The minimum Gasteiger partial charge on any atom is -0.465 e. The van der Waals surface area contributed by atoms with Gasteiger partial charge in [-0.05, 0) is 31.7 Å². The molecule has 1 saturated heterocycles. The number of piperidine rings is 1. The van der Waals surface area contributed by atoms with Gasteiger partial charge in [0.15, 0.2) is 6.61 Å². The van der Waals surface area contributed by atoms with E-state index in [2.05, 4.69) is 4.74 Å². The van der Waals surface area contributed by atoms with Gasteiger partial charge >= 0.3 is 11.9 Å². The molecule has 27 heavy (non-hydrogen) atoms. The van der Waals surface area contributed by atoms with E-state index in [4.69, 9.17) is 4.74 Å². The number of nitro benzene ring substituents is 1. The van der Waals surface area contributed by atoms with Crippen LogP contribution in [-0.2, 0) is 14.3 Å². The van der Waals surface area contributed by atoms with Crippen molar-refractivity contribution in [2.45, 2.75) is 38.6 Å². The number of non-ortho nitro benzene ring substituents is 1. The summed E-state index contributed by atoms with van der Waals surface area (Å²) in [5.74, 6) is -2.03. The van der Waals surface area contributed by atoms with Crippen molar-refractivity contribution in [2.75, 3.05) is 20.3 Å². The molecule has 1 aromatic rings. The SMILES string of the molecule is CC[C@@H]1CCCCN1C(=O)COC(=O)c1cc(C(=O)OC)cc([N+](=O)[O-])c1. The van der Waals surface area contributed by atoms with Gasteiger partial charge in [-0.15, -0.1) is 0 Å². The molecule has 0 bridgehead atoms. The lowest BCUT2D eigenvalue weighted by Gasteiger charge is -2.35.